The lowest BCUT2D eigenvalue weighted by Gasteiger charge is -2.20. The van der Waals surface area contributed by atoms with E-state index in [1.165, 1.54) is 5.56 Å². The molecule has 0 aromatic heterocycles. The fraction of sp³-hybridized carbons (Fsp3) is 0.412. The van der Waals surface area contributed by atoms with Gasteiger partial charge in [0.1, 0.15) is 0 Å². The first-order valence-electron chi connectivity index (χ1n) is 6.81. The molecule has 110 valence electrons. The monoisotopic (exact) mass is 293 g/mol. The van der Waals surface area contributed by atoms with Crippen molar-refractivity contribution in [3.05, 3.63) is 53.2 Å². The van der Waals surface area contributed by atoms with Gasteiger partial charge >= 0.3 is 0 Å². The highest BCUT2D eigenvalue weighted by Crippen LogP contribution is 2.24. The molecular weight excluding hydrogens is 270 g/mol. The average Bonchev–Trinajstić information content (AvgIpc) is 2.44. The first kappa shape index (κ1) is 16.8. The van der Waals surface area contributed by atoms with E-state index < -0.39 is 0 Å². The van der Waals surface area contributed by atoms with E-state index >= 15 is 0 Å². The van der Waals surface area contributed by atoms with Crippen LogP contribution in [-0.4, -0.2) is 25.7 Å². The number of hydrogen-bond acceptors (Lipinski definition) is 2. The summed E-state index contributed by atoms with van der Waals surface area (Å²) in [7, 11) is 3.73. The summed E-state index contributed by atoms with van der Waals surface area (Å²) in [5.41, 5.74) is 3.20. The summed E-state index contributed by atoms with van der Waals surface area (Å²) in [6, 6.07) is 5.87. The minimum Gasteiger partial charge on any atom is -0.385 e. The van der Waals surface area contributed by atoms with Crippen molar-refractivity contribution in [2.24, 2.45) is 5.92 Å². The number of halogens is 1. The van der Waals surface area contributed by atoms with Crippen LogP contribution < -0.4 is 0 Å². The number of benzene rings is 1. The molecule has 0 aliphatic rings. The van der Waals surface area contributed by atoms with Gasteiger partial charge in [0, 0.05) is 37.0 Å². The van der Waals surface area contributed by atoms with Gasteiger partial charge in [-0.05, 0) is 43.2 Å². The summed E-state index contributed by atoms with van der Waals surface area (Å²) >= 11 is 6.06. The van der Waals surface area contributed by atoms with Crippen LogP contribution in [0.15, 0.2) is 37.1 Å². The Morgan fingerprint density at radius 3 is 2.85 bits per heavy atom. The van der Waals surface area contributed by atoms with Crippen LogP contribution in [0, 0.1) is 12.8 Å². The highest BCUT2D eigenvalue weighted by molar-refractivity contribution is 6.30. The molecule has 0 fully saturated rings. The average molecular weight is 294 g/mol. The molecule has 1 aromatic carbocycles. The van der Waals surface area contributed by atoms with E-state index in [1.807, 2.05) is 30.1 Å². The van der Waals surface area contributed by atoms with Crippen LogP contribution in [0.2, 0.25) is 5.02 Å². The molecule has 0 aliphatic carbocycles. The van der Waals surface area contributed by atoms with Gasteiger partial charge in [-0.2, -0.15) is 0 Å². The van der Waals surface area contributed by atoms with Crippen LogP contribution in [0.25, 0.3) is 5.70 Å². The number of methoxy groups -OCH3 is 1. The van der Waals surface area contributed by atoms with Gasteiger partial charge in [-0.25, -0.2) is 0 Å². The maximum atomic E-state index is 6.06. The summed E-state index contributed by atoms with van der Waals surface area (Å²) in [4.78, 5) is 2.03. The van der Waals surface area contributed by atoms with Gasteiger partial charge < -0.3 is 9.64 Å². The molecule has 0 amide bonds. The number of aryl methyl sites for hydroxylation is 1. The fourth-order valence-corrected chi connectivity index (χ4v) is 2.03. The maximum Gasteiger partial charge on any atom is 0.0467 e. The molecule has 0 saturated heterocycles. The van der Waals surface area contributed by atoms with Crippen LogP contribution in [0.3, 0.4) is 0 Å². The molecule has 3 heteroatoms. The lowest BCUT2D eigenvalue weighted by Crippen LogP contribution is -2.10. The van der Waals surface area contributed by atoms with Crippen molar-refractivity contribution in [1.82, 2.24) is 4.90 Å². The molecule has 20 heavy (non-hydrogen) atoms. The van der Waals surface area contributed by atoms with E-state index in [0.717, 1.165) is 29.3 Å². The van der Waals surface area contributed by atoms with E-state index in [9.17, 15) is 0 Å². The predicted molar refractivity (Wildman–Crippen MR) is 87.8 cm³/mol. The largest absolute Gasteiger partial charge is 0.385 e. The molecule has 0 N–H and O–H groups in total. The van der Waals surface area contributed by atoms with E-state index in [1.54, 1.807) is 7.11 Å². The van der Waals surface area contributed by atoms with Crippen LogP contribution in [-0.2, 0) is 4.74 Å². The molecule has 1 unspecified atom stereocenters. The SMILES string of the molecule is C=C(c1cc(Cl)ccc1C)N(C)C=CC(C)CCOC. The van der Waals surface area contributed by atoms with Crippen molar-refractivity contribution in [2.45, 2.75) is 20.3 Å². The third-order valence-electron chi connectivity index (χ3n) is 3.35. The number of ether oxygens (including phenoxy) is 1. The Morgan fingerprint density at radius 1 is 1.50 bits per heavy atom. The fourth-order valence-electron chi connectivity index (χ4n) is 1.86. The van der Waals surface area contributed by atoms with Crippen molar-refractivity contribution in [1.29, 1.82) is 0 Å². The van der Waals surface area contributed by atoms with Crippen LogP contribution in [0.1, 0.15) is 24.5 Å². The molecule has 0 radical (unpaired) electrons. The number of nitrogens with zero attached hydrogens (tertiary/aromatic N) is 1. The van der Waals surface area contributed by atoms with Crippen LogP contribution in [0.4, 0.5) is 0 Å². The molecule has 0 aliphatic heterocycles. The zero-order chi connectivity index (χ0) is 15.1. The highest BCUT2D eigenvalue weighted by Gasteiger charge is 2.07. The molecule has 1 rings (SSSR count). The lowest BCUT2D eigenvalue weighted by molar-refractivity contribution is 0.186. The van der Waals surface area contributed by atoms with E-state index in [4.69, 9.17) is 16.3 Å². The van der Waals surface area contributed by atoms with Gasteiger partial charge in [-0.1, -0.05) is 37.2 Å². The molecule has 1 atom stereocenters. The van der Waals surface area contributed by atoms with Crippen LogP contribution >= 0.6 is 11.6 Å². The Hall–Kier alpha value is -1.25. The van der Waals surface area contributed by atoms with Crippen molar-refractivity contribution in [3.8, 4) is 0 Å². The second-order valence-electron chi connectivity index (χ2n) is 5.12. The molecule has 2 nitrogen and oxygen atoms in total. The maximum absolute atomic E-state index is 6.06. The van der Waals surface area contributed by atoms with Crippen molar-refractivity contribution >= 4 is 17.3 Å². The van der Waals surface area contributed by atoms with Gasteiger partial charge in [0.05, 0.1) is 0 Å². The highest BCUT2D eigenvalue weighted by atomic mass is 35.5. The quantitative estimate of drug-likeness (QED) is 0.720. The number of rotatable bonds is 7. The first-order chi connectivity index (χ1) is 9.45. The van der Waals surface area contributed by atoms with E-state index in [2.05, 4.69) is 32.7 Å². The summed E-state index contributed by atoms with van der Waals surface area (Å²) in [6.45, 7) is 9.18. The topological polar surface area (TPSA) is 12.5 Å². The second-order valence-corrected chi connectivity index (χ2v) is 5.55. The third-order valence-corrected chi connectivity index (χ3v) is 3.59. The summed E-state index contributed by atoms with van der Waals surface area (Å²) < 4.78 is 5.09. The Kier molecular flexibility index (Phi) is 6.83. The van der Waals surface area contributed by atoms with Gasteiger partial charge in [-0.3, -0.25) is 0 Å². The summed E-state index contributed by atoms with van der Waals surface area (Å²) in [5, 5.41) is 0.734. The Labute approximate surface area is 127 Å². The first-order valence-corrected chi connectivity index (χ1v) is 7.19. The zero-order valence-corrected chi connectivity index (χ0v) is 13.6. The van der Waals surface area contributed by atoms with Crippen LogP contribution in [0.5, 0.6) is 0 Å². The normalized spacial score (nSPS) is 12.7. The molecular formula is C17H24ClNO. The van der Waals surface area contributed by atoms with Crippen molar-refractivity contribution < 1.29 is 4.74 Å². The van der Waals surface area contributed by atoms with E-state index in [0.29, 0.717) is 5.92 Å². The zero-order valence-electron chi connectivity index (χ0n) is 12.8. The molecule has 0 saturated carbocycles. The van der Waals surface area contributed by atoms with Gasteiger partial charge in [-0.15, -0.1) is 0 Å². The Balaban J connectivity index is 2.71. The summed E-state index contributed by atoms with van der Waals surface area (Å²) in [6.07, 6.45) is 5.25. The minimum absolute atomic E-state index is 0.477. The third kappa shape index (κ3) is 5.03. The predicted octanol–water partition coefficient (Wildman–Crippen LogP) is 4.74. The van der Waals surface area contributed by atoms with Gasteiger partial charge in [0.25, 0.3) is 0 Å². The standard InChI is InChI=1S/C17H24ClNO/c1-13(9-11-20-5)8-10-19(4)15(3)17-12-16(18)7-6-14(17)2/h6-8,10,12-13H,3,9,11H2,1-2,4-5H3. The smallest absolute Gasteiger partial charge is 0.0467 e. The Bertz CT molecular complexity index is 482. The molecule has 0 spiro atoms. The minimum atomic E-state index is 0.477. The molecule has 0 bridgehead atoms. The van der Waals surface area contributed by atoms with Gasteiger partial charge in [0.15, 0.2) is 0 Å². The Morgan fingerprint density at radius 2 is 2.20 bits per heavy atom. The number of allylic oxidation sites excluding steroid dienone is 1. The second kappa shape index (κ2) is 8.13. The molecule has 1 aromatic rings. The van der Waals surface area contributed by atoms with Gasteiger partial charge in [0.2, 0.25) is 0 Å². The van der Waals surface area contributed by atoms with Crippen molar-refractivity contribution in [3.63, 3.8) is 0 Å². The summed E-state index contributed by atoms with van der Waals surface area (Å²) in [5.74, 6) is 0.477. The lowest BCUT2D eigenvalue weighted by atomic mass is 10.1. The van der Waals surface area contributed by atoms with E-state index in [-0.39, 0.29) is 0 Å². The van der Waals surface area contributed by atoms with Crippen molar-refractivity contribution in [2.75, 3.05) is 20.8 Å². The number of hydrogen-bond donors (Lipinski definition) is 0. The molecule has 0 heterocycles.